The van der Waals surface area contributed by atoms with Crippen molar-refractivity contribution in [2.45, 2.75) is 40.2 Å². The lowest BCUT2D eigenvalue weighted by molar-refractivity contribution is 0.871. The maximum Gasteiger partial charge on any atom is 0.0488 e. The molecule has 100 valence electrons. The number of hydrogen-bond acceptors (Lipinski definition) is 1. The third-order valence-electron chi connectivity index (χ3n) is 3.62. The molecule has 0 aromatic heterocycles. The summed E-state index contributed by atoms with van der Waals surface area (Å²) in [7, 11) is 0. The van der Waals surface area contributed by atoms with Crippen molar-refractivity contribution >= 4 is 5.69 Å². The number of anilines is 1. The number of hydrogen-bond donors (Lipinski definition) is 1. The highest BCUT2D eigenvalue weighted by Crippen LogP contribution is 2.23. The van der Waals surface area contributed by atoms with Crippen molar-refractivity contribution in [2.75, 3.05) is 5.32 Å². The Labute approximate surface area is 116 Å². The molecule has 0 aliphatic carbocycles. The van der Waals surface area contributed by atoms with Crippen LogP contribution in [0.2, 0.25) is 0 Å². The van der Waals surface area contributed by atoms with Crippen LogP contribution in [0.3, 0.4) is 0 Å². The summed E-state index contributed by atoms with van der Waals surface area (Å²) >= 11 is 0. The fourth-order valence-electron chi connectivity index (χ4n) is 2.44. The topological polar surface area (TPSA) is 12.0 Å². The second kappa shape index (κ2) is 5.92. The third-order valence-corrected chi connectivity index (χ3v) is 3.62. The minimum atomic E-state index is 0.326. The van der Waals surface area contributed by atoms with Gasteiger partial charge in [-0.15, -0.1) is 0 Å². The van der Waals surface area contributed by atoms with Gasteiger partial charge in [-0.1, -0.05) is 42.8 Å². The highest BCUT2D eigenvalue weighted by Gasteiger charge is 2.08. The van der Waals surface area contributed by atoms with E-state index >= 15 is 0 Å². The zero-order valence-electron chi connectivity index (χ0n) is 12.3. The first-order valence-electron chi connectivity index (χ1n) is 7.02. The van der Waals surface area contributed by atoms with Crippen LogP contribution in [-0.4, -0.2) is 0 Å². The molecule has 0 heterocycles. The molecular formula is C18H23N. The molecule has 19 heavy (non-hydrogen) atoms. The fraction of sp³-hybridized carbons (Fsp3) is 0.333. The van der Waals surface area contributed by atoms with E-state index in [1.807, 2.05) is 0 Å². The first kappa shape index (κ1) is 13.7. The van der Waals surface area contributed by atoms with Crippen LogP contribution in [0.5, 0.6) is 0 Å². The van der Waals surface area contributed by atoms with Gasteiger partial charge in [-0.2, -0.15) is 0 Å². The quantitative estimate of drug-likeness (QED) is 0.805. The Morgan fingerprint density at radius 1 is 1.05 bits per heavy atom. The van der Waals surface area contributed by atoms with Gasteiger partial charge in [-0.3, -0.25) is 0 Å². The lowest BCUT2D eigenvalue weighted by Crippen LogP contribution is -2.08. The van der Waals surface area contributed by atoms with Crippen molar-refractivity contribution in [3.05, 3.63) is 64.7 Å². The number of rotatable bonds is 4. The largest absolute Gasteiger partial charge is 0.379 e. The molecule has 2 rings (SSSR count). The molecule has 1 N–H and O–H groups in total. The van der Waals surface area contributed by atoms with E-state index in [1.54, 1.807) is 0 Å². The monoisotopic (exact) mass is 253 g/mol. The molecule has 1 unspecified atom stereocenters. The van der Waals surface area contributed by atoms with Gasteiger partial charge in [0.2, 0.25) is 0 Å². The van der Waals surface area contributed by atoms with Crippen LogP contribution in [0.15, 0.2) is 42.5 Å². The van der Waals surface area contributed by atoms with E-state index < -0.39 is 0 Å². The van der Waals surface area contributed by atoms with E-state index in [0.717, 1.165) is 6.42 Å². The minimum absolute atomic E-state index is 0.326. The summed E-state index contributed by atoms with van der Waals surface area (Å²) in [6.45, 7) is 8.73. The highest BCUT2D eigenvalue weighted by molar-refractivity contribution is 5.48. The summed E-state index contributed by atoms with van der Waals surface area (Å²) in [5, 5.41) is 3.60. The Bertz CT molecular complexity index is 557. The van der Waals surface area contributed by atoms with Gasteiger partial charge in [0.15, 0.2) is 0 Å². The van der Waals surface area contributed by atoms with E-state index in [4.69, 9.17) is 0 Å². The molecule has 2 aromatic rings. The Balaban J connectivity index is 2.20. The molecule has 0 radical (unpaired) electrons. The molecule has 0 amide bonds. The van der Waals surface area contributed by atoms with Gasteiger partial charge in [0.05, 0.1) is 0 Å². The van der Waals surface area contributed by atoms with E-state index in [0.29, 0.717) is 6.04 Å². The molecule has 0 fully saturated rings. The van der Waals surface area contributed by atoms with Crippen molar-refractivity contribution in [3.63, 3.8) is 0 Å². The van der Waals surface area contributed by atoms with Crippen molar-refractivity contribution < 1.29 is 0 Å². The summed E-state index contributed by atoms with van der Waals surface area (Å²) in [6, 6.07) is 15.6. The predicted molar refractivity (Wildman–Crippen MR) is 83.8 cm³/mol. The molecule has 0 saturated heterocycles. The first-order chi connectivity index (χ1) is 9.10. The summed E-state index contributed by atoms with van der Waals surface area (Å²) in [5.41, 5.74) is 6.61. The van der Waals surface area contributed by atoms with E-state index in [9.17, 15) is 0 Å². The molecule has 0 spiro atoms. The molecule has 0 bridgehead atoms. The predicted octanol–water partition coefficient (Wildman–Crippen LogP) is 5.04. The average molecular weight is 253 g/mol. The molecule has 0 aliphatic rings. The second-order valence-corrected chi connectivity index (χ2v) is 5.28. The molecule has 0 aliphatic heterocycles. The van der Waals surface area contributed by atoms with Crippen LogP contribution < -0.4 is 5.32 Å². The van der Waals surface area contributed by atoms with Gasteiger partial charge in [0.25, 0.3) is 0 Å². The SMILES string of the molecule is CCc1cccc(NC(C)c2cc(C)ccc2C)c1. The highest BCUT2D eigenvalue weighted by atomic mass is 14.9. The van der Waals surface area contributed by atoms with Gasteiger partial charge >= 0.3 is 0 Å². The normalized spacial score (nSPS) is 12.2. The van der Waals surface area contributed by atoms with E-state index in [2.05, 4.69) is 75.5 Å². The molecule has 0 saturated carbocycles. The van der Waals surface area contributed by atoms with Crippen molar-refractivity contribution in [1.82, 2.24) is 0 Å². The first-order valence-corrected chi connectivity index (χ1v) is 7.02. The van der Waals surface area contributed by atoms with Crippen LogP contribution in [-0.2, 0) is 6.42 Å². The zero-order chi connectivity index (χ0) is 13.8. The van der Waals surface area contributed by atoms with Gasteiger partial charge in [0.1, 0.15) is 0 Å². The average Bonchev–Trinajstić information content (AvgIpc) is 2.41. The molecular weight excluding hydrogens is 230 g/mol. The van der Waals surface area contributed by atoms with Crippen LogP contribution in [0.4, 0.5) is 5.69 Å². The lowest BCUT2D eigenvalue weighted by Gasteiger charge is -2.19. The van der Waals surface area contributed by atoms with Crippen molar-refractivity contribution in [3.8, 4) is 0 Å². The maximum absolute atomic E-state index is 3.60. The van der Waals surface area contributed by atoms with Crippen LogP contribution >= 0.6 is 0 Å². The Morgan fingerprint density at radius 3 is 2.58 bits per heavy atom. The smallest absolute Gasteiger partial charge is 0.0488 e. The zero-order valence-corrected chi connectivity index (χ0v) is 12.3. The number of nitrogens with one attached hydrogen (secondary N) is 1. The minimum Gasteiger partial charge on any atom is -0.379 e. The Hall–Kier alpha value is -1.76. The van der Waals surface area contributed by atoms with Gasteiger partial charge in [0, 0.05) is 11.7 Å². The summed E-state index contributed by atoms with van der Waals surface area (Å²) in [4.78, 5) is 0. The Kier molecular flexibility index (Phi) is 4.26. The van der Waals surface area contributed by atoms with Crippen molar-refractivity contribution in [1.29, 1.82) is 0 Å². The fourth-order valence-corrected chi connectivity index (χ4v) is 2.44. The van der Waals surface area contributed by atoms with Crippen LogP contribution in [0.1, 0.15) is 42.1 Å². The van der Waals surface area contributed by atoms with Gasteiger partial charge in [-0.05, 0) is 56.0 Å². The molecule has 2 aromatic carbocycles. The van der Waals surface area contributed by atoms with Crippen LogP contribution in [0, 0.1) is 13.8 Å². The van der Waals surface area contributed by atoms with Gasteiger partial charge < -0.3 is 5.32 Å². The standard InChI is InChI=1S/C18H23N/c1-5-16-7-6-8-17(12-16)19-15(4)18-11-13(2)9-10-14(18)3/h6-12,15,19H,5H2,1-4H3. The maximum atomic E-state index is 3.60. The van der Waals surface area contributed by atoms with E-state index in [1.165, 1.54) is 27.9 Å². The summed E-state index contributed by atoms with van der Waals surface area (Å²) in [5.74, 6) is 0. The molecule has 1 atom stereocenters. The van der Waals surface area contributed by atoms with Crippen molar-refractivity contribution in [2.24, 2.45) is 0 Å². The lowest BCUT2D eigenvalue weighted by atomic mass is 9.99. The second-order valence-electron chi connectivity index (χ2n) is 5.28. The molecule has 1 nitrogen and oxygen atoms in total. The van der Waals surface area contributed by atoms with E-state index in [-0.39, 0.29) is 0 Å². The Morgan fingerprint density at radius 2 is 1.84 bits per heavy atom. The summed E-state index contributed by atoms with van der Waals surface area (Å²) < 4.78 is 0. The number of aryl methyl sites for hydroxylation is 3. The van der Waals surface area contributed by atoms with Crippen LogP contribution in [0.25, 0.3) is 0 Å². The number of benzene rings is 2. The molecule has 1 heteroatoms. The summed E-state index contributed by atoms with van der Waals surface area (Å²) in [6.07, 6.45) is 1.08. The third kappa shape index (κ3) is 3.37. The van der Waals surface area contributed by atoms with Gasteiger partial charge in [-0.25, -0.2) is 0 Å².